The molecule has 0 aliphatic carbocycles. The van der Waals surface area contributed by atoms with Gasteiger partial charge in [-0.3, -0.25) is 23.4 Å². The maximum atomic E-state index is 13.0. The first-order valence-corrected chi connectivity index (χ1v) is 17.2. The van der Waals surface area contributed by atoms with Crippen molar-refractivity contribution in [1.82, 2.24) is 9.80 Å². The van der Waals surface area contributed by atoms with Gasteiger partial charge in [-0.25, -0.2) is 4.57 Å². The van der Waals surface area contributed by atoms with Crippen LogP contribution < -0.4 is 0 Å². The van der Waals surface area contributed by atoms with Gasteiger partial charge < -0.3 is 24.5 Å². The SMILES string of the molecule is CCC(=O)CCSSCCCC(=O)N1C[C@H](OP(=O)(O)OC[C@@H]2C[C@@H](O)CN2C(C)=O)C[C@H]1COC(C)C. The summed E-state index contributed by atoms with van der Waals surface area (Å²) in [5.41, 5.74) is 0. The highest BCUT2D eigenvalue weighted by Crippen LogP contribution is 2.47. The van der Waals surface area contributed by atoms with E-state index in [-0.39, 0.29) is 55.9 Å². The predicted molar refractivity (Wildman–Crippen MR) is 148 cm³/mol. The molecule has 0 spiro atoms. The Labute approximate surface area is 233 Å². The van der Waals surface area contributed by atoms with Crippen molar-refractivity contribution >= 4 is 47.0 Å². The van der Waals surface area contributed by atoms with Crippen molar-refractivity contribution in [3.8, 4) is 0 Å². The van der Waals surface area contributed by atoms with Gasteiger partial charge in [-0.05, 0) is 33.1 Å². The van der Waals surface area contributed by atoms with E-state index in [0.29, 0.717) is 38.7 Å². The first-order chi connectivity index (χ1) is 17.9. The molecule has 0 saturated carbocycles. The number of amides is 2. The zero-order chi connectivity index (χ0) is 28.3. The number of likely N-dealkylation sites (tertiary alicyclic amines) is 2. The van der Waals surface area contributed by atoms with E-state index in [4.69, 9.17) is 13.8 Å². The fourth-order valence-corrected chi connectivity index (χ4v) is 7.50. The Morgan fingerprint density at radius 3 is 2.37 bits per heavy atom. The molecule has 2 heterocycles. The molecule has 0 bridgehead atoms. The van der Waals surface area contributed by atoms with E-state index in [9.17, 15) is 28.9 Å². The van der Waals surface area contributed by atoms with Crippen molar-refractivity contribution < 1.29 is 42.7 Å². The summed E-state index contributed by atoms with van der Waals surface area (Å²) in [6, 6.07) is -0.793. The van der Waals surface area contributed by atoms with Crippen molar-refractivity contribution in [3.63, 3.8) is 0 Å². The molecule has 0 aromatic carbocycles. The number of nitrogens with zero attached hydrogens (tertiary/aromatic N) is 2. The summed E-state index contributed by atoms with van der Waals surface area (Å²) in [5, 5.41) is 9.85. The Bertz CT molecular complexity index is 835. The second-order valence-electron chi connectivity index (χ2n) is 9.91. The maximum Gasteiger partial charge on any atom is 0.472 e. The minimum absolute atomic E-state index is 0.0295. The normalized spacial score (nSPS) is 25.2. The lowest BCUT2D eigenvalue weighted by Crippen LogP contribution is -2.39. The quantitative estimate of drug-likeness (QED) is 0.145. The average molecular weight is 599 g/mol. The molecule has 5 atom stereocenters. The van der Waals surface area contributed by atoms with Crippen molar-refractivity contribution in [3.05, 3.63) is 0 Å². The third-order valence-electron chi connectivity index (χ3n) is 6.39. The minimum Gasteiger partial charge on any atom is -0.391 e. The molecule has 2 amide bonds. The smallest absolute Gasteiger partial charge is 0.391 e. The Balaban J connectivity index is 1.84. The number of aliphatic hydroxyl groups excluding tert-OH is 1. The summed E-state index contributed by atoms with van der Waals surface area (Å²) in [4.78, 5) is 49.5. The van der Waals surface area contributed by atoms with Crippen LogP contribution in [-0.2, 0) is 32.7 Å². The molecule has 0 radical (unpaired) electrons. The maximum absolute atomic E-state index is 13.0. The Morgan fingerprint density at radius 1 is 1.03 bits per heavy atom. The van der Waals surface area contributed by atoms with Crippen molar-refractivity contribution in [2.24, 2.45) is 0 Å². The van der Waals surface area contributed by atoms with E-state index in [1.54, 1.807) is 26.5 Å². The molecule has 14 heteroatoms. The number of aliphatic hydroxyl groups is 1. The molecule has 2 N–H and O–H groups in total. The second kappa shape index (κ2) is 16.6. The average Bonchev–Trinajstić information content (AvgIpc) is 3.43. The van der Waals surface area contributed by atoms with Gasteiger partial charge in [0.2, 0.25) is 11.8 Å². The van der Waals surface area contributed by atoms with Crippen LogP contribution in [0.3, 0.4) is 0 Å². The minimum atomic E-state index is -4.47. The van der Waals surface area contributed by atoms with E-state index in [1.165, 1.54) is 11.8 Å². The number of phosphoric ester groups is 1. The van der Waals surface area contributed by atoms with Gasteiger partial charge in [0.05, 0.1) is 43.6 Å². The van der Waals surface area contributed by atoms with Gasteiger partial charge in [0, 0.05) is 50.8 Å². The van der Waals surface area contributed by atoms with E-state index < -0.39 is 26.1 Å². The standard InChI is InChI=1S/C24H43N2O9PS2/c1-5-21(28)8-10-38-37-9-6-7-24(30)26-14-23(12-20(26)15-33-17(2)3)35-36(31,32)34-16-19-11-22(29)13-25(19)18(4)27/h17,19-20,22-23,29H,5-16H2,1-4H3,(H,31,32)/t19-,20-,22+,23+/m0/s1. The number of carbonyl (C=O) groups is 3. The molecule has 2 saturated heterocycles. The summed E-state index contributed by atoms with van der Waals surface area (Å²) in [7, 11) is -1.18. The topological polar surface area (TPSA) is 143 Å². The molecule has 2 aliphatic heterocycles. The lowest BCUT2D eigenvalue weighted by Gasteiger charge is -2.25. The summed E-state index contributed by atoms with van der Waals surface area (Å²) in [5.74, 6) is 1.49. The van der Waals surface area contributed by atoms with Crippen molar-refractivity contribution in [2.75, 3.05) is 37.8 Å². The van der Waals surface area contributed by atoms with Crippen LogP contribution in [0.25, 0.3) is 0 Å². The first-order valence-electron chi connectivity index (χ1n) is 13.2. The Hall–Kier alpha value is -0.660. The van der Waals surface area contributed by atoms with E-state index in [0.717, 1.165) is 11.5 Å². The number of carbonyl (C=O) groups excluding carboxylic acids is 3. The molecular weight excluding hydrogens is 555 g/mol. The van der Waals surface area contributed by atoms with Crippen LogP contribution in [0.15, 0.2) is 0 Å². The number of ketones is 1. The van der Waals surface area contributed by atoms with E-state index in [1.807, 2.05) is 20.8 Å². The van der Waals surface area contributed by atoms with Crippen LogP contribution in [0.1, 0.15) is 66.2 Å². The number of Topliss-reactive ketones (excluding diaryl/α,β-unsaturated/α-hetero) is 1. The van der Waals surface area contributed by atoms with Crippen molar-refractivity contribution in [2.45, 2.75) is 96.6 Å². The first kappa shape index (κ1) is 33.5. The summed E-state index contributed by atoms with van der Waals surface area (Å²) in [6.45, 7) is 7.41. The lowest BCUT2D eigenvalue weighted by atomic mass is 10.2. The van der Waals surface area contributed by atoms with Gasteiger partial charge in [-0.15, -0.1) is 0 Å². The van der Waals surface area contributed by atoms with Gasteiger partial charge in [-0.2, -0.15) is 0 Å². The molecule has 38 heavy (non-hydrogen) atoms. The number of β-amino-alcohol motifs (C(OH)–C–C–N with tert-alkyl or cyclic N) is 1. The summed E-state index contributed by atoms with van der Waals surface area (Å²) < 4.78 is 29.0. The fourth-order valence-electron chi connectivity index (χ4n) is 4.43. The van der Waals surface area contributed by atoms with Gasteiger partial charge in [0.25, 0.3) is 0 Å². The van der Waals surface area contributed by atoms with Crippen LogP contribution >= 0.6 is 29.4 Å². The highest BCUT2D eigenvalue weighted by Gasteiger charge is 2.41. The highest BCUT2D eigenvalue weighted by atomic mass is 33.1. The number of rotatable bonds is 17. The monoisotopic (exact) mass is 598 g/mol. The second-order valence-corrected chi connectivity index (χ2v) is 14.0. The number of ether oxygens (including phenoxy) is 1. The molecule has 0 aromatic heterocycles. The fraction of sp³-hybridized carbons (Fsp3) is 0.875. The molecular formula is C24H43N2O9PS2. The zero-order valence-corrected chi connectivity index (χ0v) is 25.3. The Kier molecular flexibility index (Phi) is 14.6. The largest absolute Gasteiger partial charge is 0.472 e. The molecule has 0 aromatic rings. The van der Waals surface area contributed by atoms with Gasteiger partial charge in [-0.1, -0.05) is 28.5 Å². The Morgan fingerprint density at radius 2 is 1.71 bits per heavy atom. The summed E-state index contributed by atoms with van der Waals surface area (Å²) in [6.07, 6.45) is 1.30. The van der Waals surface area contributed by atoms with Crippen LogP contribution in [0.4, 0.5) is 0 Å². The number of hydrogen-bond donors (Lipinski definition) is 2. The molecule has 2 aliphatic rings. The molecule has 11 nitrogen and oxygen atoms in total. The van der Waals surface area contributed by atoms with Gasteiger partial charge in [0.15, 0.2) is 0 Å². The third kappa shape index (κ3) is 11.8. The van der Waals surface area contributed by atoms with E-state index >= 15 is 0 Å². The number of hydrogen-bond acceptors (Lipinski definition) is 10. The highest BCUT2D eigenvalue weighted by molar-refractivity contribution is 8.76. The molecule has 2 fully saturated rings. The third-order valence-corrected chi connectivity index (χ3v) is 9.92. The molecule has 1 unspecified atom stereocenters. The van der Waals surface area contributed by atoms with Crippen molar-refractivity contribution in [1.29, 1.82) is 0 Å². The van der Waals surface area contributed by atoms with Crippen LogP contribution in [-0.4, -0.2) is 106 Å². The number of phosphoric acid groups is 1. The van der Waals surface area contributed by atoms with Crippen LogP contribution in [0.2, 0.25) is 0 Å². The lowest BCUT2D eigenvalue weighted by molar-refractivity contribution is -0.133. The predicted octanol–water partition coefficient (Wildman–Crippen LogP) is 3.03. The van der Waals surface area contributed by atoms with Gasteiger partial charge in [0.1, 0.15) is 5.78 Å². The van der Waals surface area contributed by atoms with Crippen LogP contribution in [0.5, 0.6) is 0 Å². The van der Waals surface area contributed by atoms with Gasteiger partial charge >= 0.3 is 7.82 Å². The summed E-state index contributed by atoms with van der Waals surface area (Å²) >= 11 is 0. The molecule has 220 valence electrons. The van der Waals surface area contributed by atoms with Crippen LogP contribution in [0, 0.1) is 0 Å². The zero-order valence-electron chi connectivity index (χ0n) is 22.8. The van der Waals surface area contributed by atoms with E-state index in [2.05, 4.69) is 0 Å². The molecule has 2 rings (SSSR count).